The van der Waals surface area contributed by atoms with Gasteiger partial charge in [0.15, 0.2) is 5.75 Å². The first-order chi connectivity index (χ1) is 15.0. The highest BCUT2D eigenvalue weighted by Gasteiger charge is 2.36. The van der Waals surface area contributed by atoms with Crippen molar-refractivity contribution in [2.75, 3.05) is 13.2 Å². The predicted octanol–water partition coefficient (Wildman–Crippen LogP) is 3.64. The summed E-state index contributed by atoms with van der Waals surface area (Å²) in [5.41, 5.74) is 2.19. The van der Waals surface area contributed by atoms with E-state index in [-0.39, 0.29) is 18.5 Å². The number of nitrogens with zero attached hydrogens (tertiary/aromatic N) is 1. The molecule has 1 fully saturated rings. The van der Waals surface area contributed by atoms with Gasteiger partial charge in [-0.15, -0.1) is 0 Å². The van der Waals surface area contributed by atoms with Gasteiger partial charge in [0.05, 0.1) is 29.4 Å². The average Bonchev–Trinajstić information content (AvgIpc) is 3.30. The first-order valence-corrected chi connectivity index (χ1v) is 10.1. The maximum atomic E-state index is 12.6. The lowest BCUT2D eigenvalue weighted by atomic mass is 9.87. The van der Waals surface area contributed by atoms with Gasteiger partial charge in [-0.3, -0.25) is 10.1 Å². The van der Waals surface area contributed by atoms with E-state index in [9.17, 15) is 20.0 Å². The molecule has 162 valence electrons. The second-order valence-corrected chi connectivity index (χ2v) is 7.30. The van der Waals surface area contributed by atoms with Gasteiger partial charge in [0.1, 0.15) is 0 Å². The van der Waals surface area contributed by atoms with Gasteiger partial charge in [0.25, 0.3) is 0 Å². The zero-order chi connectivity index (χ0) is 22.0. The Morgan fingerprint density at radius 2 is 2.06 bits per heavy atom. The minimum atomic E-state index is -0.700. The Balaban J connectivity index is 1.92. The molecule has 2 amide bonds. The molecule has 1 unspecified atom stereocenters. The lowest BCUT2D eigenvalue weighted by Crippen LogP contribution is -2.46. The Labute approximate surface area is 178 Å². The summed E-state index contributed by atoms with van der Waals surface area (Å²) in [7, 11) is 0. The van der Waals surface area contributed by atoms with Crippen LogP contribution in [0.4, 0.5) is 10.5 Å². The Hall–Kier alpha value is -3.59. The van der Waals surface area contributed by atoms with E-state index in [0.29, 0.717) is 17.9 Å². The fourth-order valence-electron chi connectivity index (χ4n) is 4.02. The summed E-state index contributed by atoms with van der Waals surface area (Å²) < 4.78 is 11.3. The SMILES string of the molecule is CCOc1cc(C2NC(=O)NC([C@@H]3CCCO3)=C2c2ccccc2)cc([N+](=O)[O-])c1O. The van der Waals surface area contributed by atoms with Crippen molar-refractivity contribution in [1.82, 2.24) is 10.6 Å². The lowest BCUT2D eigenvalue weighted by Gasteiger charge is -2.33. The Morgan fingerprint density at radius 3 is 2.71 bits per heavy atom. The van der Waals surface area contributed by atoms with Crippen LogP contribution in [0.15, 0.2) is 48.2 Å². The molecule has 2 aliphatic rings. The van der Waals surface area contributed by atoms with E-state index >= 15 is 0 Å². The second-order valence-electron chi connectivity index (χ2n) is 7.30. The van der Waals surface area contributed by atoms with Gasteiger partial charge in [-0.2, -0.15) is 0 Å². The third kappa shape index (κ3) is 4.04. The molecule has 2 aliphatic heterocycles. The molecule has 2 aromatic rings. The van der Waals surface area contributed by atoms with Gasteiger partial charge in [-0.25, -0.2) is 4.79 Å². The minimum absolute atomic E-state index is 0.00874. The number of nitro groups is 1. The summed E-state index contributed by atoms with van der Waals surface area (Å²) in [6.07, 6.45) is 1.37. The summed E-state index contributed by atoms with van der Waals surface area (Å²) in [6.45, 7) is 2.54. The normalized spacial score (nSPS) is 20.9. The van der Waals surface area contributed by atoms with Crippen LogP contribution < -0.4 is 15.4 Å². The van der Waals surface area contributed by atoms with E-state index in [2.05, 4.69) is 10.6 Å². The zero-order valence-electron chi connectivity index (χ0n) is 17.0. The summed E-state index contributed by atoms with van der Waals surface area (Å²) in [5, 5.41) is 27.6. The number of phenols is 1. The molecule has 0 aromatic heterocycles. The molecule has 3 N–H and O–H groups in total. The fourth-order valence-corrected chi connectivity index (χ4v) is 4.02. The number of urea groups is 1. The highest BCUT2D eigenvalue weighted by Crippen LogP contribution is 2.43. The summed E-state index contributed by atoms with van der Waals surface area (Å²) >= 11 is 0. The van der Waals surface area contributed by atoms with Crippen molar-refractivity contribution in [2.45, 2.75) is 31.9 Å². The van der Waals surface area contributed by atoms with Crippen molar-refractivity contribution in [3.63, 3.8) is 0 Å². The van der Waals surface area contributed by atoms with Crippen LogP contribution in [0.3, 0.4) is 0 Å². The van der Waals surface area contributed by atoms with Crippen LogP contribution in [0.1, 0.15) is 36.9 Å². The van der Waals surface area contributed by atoms with Crippen molar-refractivity contribution in [2.24, 2.45) is 0 Å². The molecule has 0 aliphatic carbocycles. The number of ether oxygens (including phenoxy) is 2. The first-order valence-electron chi connectivity index (χ1n) is 10.1. The van der Waals surface area contributed by atoms with E-state index in [1.807, 2.05) is 30.3 Å². The van der Waals surface area contributed by atoms with E-state index in [4.69, 9.17) is 9.47 Å². The number of benzene rings is 2. The smallest absolute Gasteiger partial charge is 0.319 e. The zero-order valence-corrected chi connectivity index (χ0v) is 17.0. The second kappa shape index (κ2) is 8.65. The Kier molecular flexibility index (Phi) is 5.77. The molecular weight excluding hydrogens is 402 g/mol. The number of hydrogen-bond donors (Lipinski definition) is 3. The summed E-state index contributed by atoms with van der Waals surface area (Å²) in [5.74, 6) is -0.550. The molecule has 0 bridgehead atoms. The number of hydrogen-bond acceptors (Lipinski definition) is 6. The van der Waals surface area contributed by atoms with Crippen LogP contribution in [0, 0.1) is 10.1 Å². The number of carbonyl (C=O) groups is 1. The topological polar surface area (TPSA) is 123 Å². The molecule has 31 heavy (non-hydrogen) atoms. The largest absolute Gasteiger partial charge is 0.500 e. The van der Waals surface area contributed by atoms with Crippen molar-refractivity contribution in [3.05, 3.63) is 69.4 Å². The number of phenolic OH excluding ortho intramolecular Hbond substituents is 1. The molecule has 4 rings (SSSR count). The molecule has 0 radical (unpaired) electrons. The quantitative estimate of drug-likeness (QED) is 0.480. The van der Waals surface area contributed by atoms with Gasteiger partial charge in [-0.1, -0.05) is 30.3 Å². The standard InChI is InChI=1S/C22H23N3O6/c1-2-30-17-12-14(11-15(21(17)26)25(28)29)19-18(13-7-4-3-5-8-13)20(24-22(27)23-19)16-9-6-10-31-16/h3-5,7-8,11-12,16,19,26H,2,6,9-10H2,1H3,(H2,23,24,27)/t16-,19?/m0/s1. The van der Waals surface area contributed by atoms with E-state index in [1.54, 1.807) is 6.92 Å². The molecule has 0 saturated carbocycles. The van der Waals surface area contributed by atoms with Gasteiger partial charge in [0, 0.05) is 18.2 Å². The Bertz CT molecular complexity index is 1030. The first kappa shape index (κ1) is 20.7. The van der Waals surface area contributed by atoms with E-state index < -0.39 is 28.4 Å². The predicted molar refractivity (Wildman–Crippen MR) is 113 cm³/mol. The van der Waals surface area contributed by atoms with E-state index in [1.165, 1.54) is 12.1 Å². The molecule has 2 heterocycles. The number of amides is 2. The fraction of sp³-hybridized carbons (Fsp3) is 0.318. The van der Waals surface area contributed by atoms with Crippen LogP contribution in [0.5, 0.6) is 11.5 Å². The third-order valence-electron chi connectivity index (χ3n) is 5.35. The third-order valence-corrected chi connectivity index (χ3v) is 5.35. The number of nitrogens with one attached hydrogen (secondary N) is 2. The highest BCUT2D eigenvalue weighted by molar-refractivity contribution is 5.89. The number of carbonyl (C=O) groups excluding carboxylic acids is 1. The monoisotopic (exact) mass is 425 g/mol. The van der Waals surface area contributed by atoms with E-state index in [0.717, 1.165) is 24.0 Å². The van der Waals surface area contributed by atoms with Gasteiger partial charge in [0.2, 0.25) is 5.75 Å². The molecule has 0 spiro atoms. The minimum Gasteiger partial charge on any atom is -0.500 e. The maximum Gasteiger partial charge on any atom is 0.319 e. The van der Waals surface area contributed by atoms with Crippen molar-refractivity contribution in [3.8, 4) is 11.5 Å². The van der Waals surface area contributed by atoms with Crippen LogP contribution in [0.25, 0.3) is 5.57 Å². The number of aromatic hydroxyl groups is 1. The lowest BCUT2D eigenvalue weighted by molar-refractivity contribution is -0.386. The molecule has 2 atom stereocenters. The van der Waals surface area contributed by atoms with Crippen LogP contribution in [-0.2, 0) is 4.74 Å². The molecule has 9 nitrogen and oxygen atoms in total. The highest BCUT2D eigenvalue weighted by atomic mass is 16.6. The number of rotatable bonds is 6. The van der Waals surface area contributed by atoms with Gasteiger partial charge >= 0.3 is 11.7 Å². The van der Waals surface area contributed by atoms with Crippen LogP contribution >= 0.6 is 0 Å². The molecular formula is C22H23N3O6. The summed E-state index contributed by atoms with van der Waals surface area (Å²) in [6, 6.07) is 11.1. The van der Waals surface area contributed by atoms with Crippen molar-refractivity contribution in [1.29, 1.82) is 0 Å². The Morgan fingerprint density at radius 1 is 1.29 bits per heavy atom. The van der Waals surface area contributed by atoms with Crippen LogP contribution in [-0.4, -0.2) is 35.4 Å². The van der Waals surface area contributed by atoms with Gasteiger partial charge in [-0.05, 0) is 37.0 Å². The van der Waals surface area contributed by atoms with Crippen molar-refractivity contribution < 1.29 is 24.3 Å². The molecule has 9 heteroatoms. The van der Waals surface area contributed by atoms with Crippen LogP contribution in [0.2, 0.25) is 0 Å². The maximum absolute atomic E-state index is 12.6. The van der Waals surface area contributed by atoms with Gasteiger partial charge < -0.3 is 25.2 Å². The molecule has 2 aromatic carbocycles. The summed E-state index contributed by atoms with van der Waals surface area (Å²) in [4.78, 5) is 23.5. The molecule has 1 saturated heterocycles. The van der Waals surface area contributed by atoms with Crippen molar-refractivity contribution >= 4 is 17.3 Å². The average molecular weight is 425 g/mol. The number of nitro benzene ring substituents is 1.